The van der Waals surface area contributed by atoms with Crippen LogP contribution in [0.15, 0.2) is 95.4 Å². The highest BCUT2D eigenvalue weighted by Gasteiger charge is 2.26. The smallest absolute Gasteiger partial charge is 0.255 e. The summed E-state index contributed by atoms with van der Waals surface area (Å²) in [4.78, 5) is 13.3. The SMILES string of the molecule is CNC(=O)c1c(-c2ccc(F)cc2)oc2cc(N(C)S(C)(=O)=O)c(-c3cccc(-c4cc5ccccc5n4CC4CCCO4)c3)cc12. The second-order valence-electron chi connectivity index (χ2n) is 11.9. The van der Waals surface area contributed by atoms with Crippen LogP contribution in [0.1, 0.15) is 23.2 Å². The van der Waals surface area contributed by atoms with Crippen LogP contribution >= 0.6 is 0 Å². The number of benzene rings is 4. The number of fused-ring (bicyclic) bond motifs is 2. The van der Waals surface area contributed by atoms with Crippen LogP contribution in [0.5, 0.6) is 0 Å². The molecule has 7 rings (SSSR count). The molecule has 1 unspecified atom stereocenters. The number of para-hydroxylation sites is 1. The number of carbonyl (C=O) groups excluding carboxylic acids is 1. The Bertz CT molecular complexity index is 2250. The van der Waals surface area contributed by atoms with E-state index in [1.165, 1.54) is 30.5 Å². The number of nitrogens with zero attached hydrogens (tertiary/aromatic N) is 2. The molecule has 1 amide bonds. The van der Waals surface area contributed by atoms with Gasteiger partial charge in [-0.05, 0) is 72.5 Å². The number of amides is 1. The molecule has 0 bridgehead atoms. The standard InChI is InChI=1S/C37H34FN3O5S/c1-39-37(42)35-30-20-29(33(40(2)47(3,43)44)21-34(30)46-36(35)23-13-15-27(38)16-14-23)24-9-6-10-25(18-24)32-19-26-8-4-5-12-31(26)41(32)22-28-11-7-17-45-28/h4-6,8-10,12-16,18-21,28H,7,11,17,22H2,1-3H3,(H,39,42). The zero-order valence-corrected chi connectivity index (χ0v) is 27.1. The number of furan rings is 1. The summed E-state index contributed by atoms with van der Waals surface area (Å²) in [7, 11) is -0.661. The molecule has 6 aromatic rings. The van der Waals surface area contributed by atoms with Crippen molar-refractivity contribution in [1.82, 2.24) is 9.88 Å². The molecule has 10 heteroatoms. The van der Waals surface area contributed by atoms with Crippen molar-refractivity contribution in [3.05, 3.63) is 102 Å². The van der Waals surface area contributed by atoms with Crippen molar-refractivity contribution in [3.63, 3.8) is 0 Å². The zero-order valence-electron chi connectivity index (χ0n) is 26.3. The molecular formula is C37H34FN3O5S. The summed E-state index contributed by atoms with van der Waals surface area (Å²) >= 11 is 0. The van der Waals surface area contributed by atoms with Gasteiger partial charge in [0.25, 0.3) is 5.91 Å². The third kappa shape index (κ3) is 5.68. The summed E-state index contributed by atoms with van der Waals surface area (Å²) in [6.45, 7) is 1.49. The first-order chi connectivity index (χ1) is 22.6. The van der Waals surface area contributed by atoms with E-state index in [4.69, 9.17) is 9.15 Å². The summed E-state index contributed by atoms with van der Waals surface area (Å²) in [6.07, 6.45) is 3.32. The Morgan fingerprint density at radius 1 is 0.979 bits per heavy atom. The van der Waals surface area contributed by atoms with Crippen LogP contribution in [-0.2, 0) is 21.3 Å². The number of hydrogen-bond acceptors (Lipinski definition) is 5. The molecule has 0 aliphatic carbocycles. The molecule has 1 aliphatic rings. The van der Waals surface area contributed by atoms with Gasteiger partial charge in [-0.2, -0.15) is 0 Å². The number of hydrogen-bond donors (Lipinski definition) is 1. The first-order valence-electron chi connectivity index (χ1n) is 15.5. The van der Waals surface area contributed by atoms with E-state index in [0.29, 0.717) is 27.8 Å². The van der Waals surface area contributed by atoms with Gasteiger partial charge in [-0.3, -0.25) is 9.10 Å². The fourth-order valence-corrected chi connectivity index (χ4v) is 6.95. The lowest BCUT2D eigenvalue weighted by atomic mass is 9.96. The zero-order chi connectivity index (χ0) is 32.9. The normalized spacial score (nSPS) is 15.0. The molecule has 0 saturated carbocycles. The molecule has 3 heterocycles. The van der Waals surface area contributed by atoms with Gasteiger partial charge < -0.3 is 19.0 Å². The fourth-order valence-electron chi connectivity index (χ4n) is 6.44. The van der Waals surface area contributed by atoms with Crippen molar-refractivity contribution >= 4 is 43.5 Å². The summed E-state index contributed by atoms with van der Waals surface area (Å²) in [5.74, 6) is -0.539. The Morgan fingerprint density at radius 2 is 1.74 bits per heavy atom. The van der Waals surface area contributed by atoms with Crippen LogP contribution in [-0.4, -0.2) is 52.0 Å². The van der Waals surface area contributed by atoms with Crippen LogP contribution in [0.4, 0.5) is 10.1 Å². The number of anilines is 1. The van der Waals surface area contributed by atoms with Crippen molar-refractivity contribution in [2.75, 3.05) is 31.3 Å². The maximum absolute atomic E-state index is 13.8. The highest BCUT2D eigenvalue weighted by Crippen LogP contribution is 2.42. The molecule has 4 aromatic carbocycles. The fraction of sp³-hybridized carbons (Fsp3) is 0.216. The maximum Gasteiger partial charge on any atom is 0.255 e. The van der Waals surface area contributed by atoms with E-state index in [1.54, 1.807) is 24.3 Å². The minimum absolute atomic E-state index is 0.129. The summed E-state index contributed by atoms with van der Waals surface area (Å²) in [5, 5.41) is 4.31. The molecule has 240 valence electrons. The first-order valence-corrected chi connectivity index (χ1v) is 17.3. The van der Waals surface area contributed by atoms with Crippen molar-refractivity contribution < 1.29 is 26.8 Å². The monoisotopic (exact) mass is 651 g/mol. The molecule has 8 nitrogen and oxygen atoms in total. The Hall–Kier alpha value is -4.93. The van der Waals surface area contributed by atoms with Crippen molar-refractivity contribution in [1.29, 1.82) is 0 Å². The number of aromatic nitrogens is 1. The Kier molecular flexibility index (Phi) is 7.85. The average molecular weight is 652 g/mol. The minimum Gasteiger partial charge on any atom is -0.455 e. The number of ether oxygens (including phenoxy) is 1. The molecule has 2 aromatic heterocycles. The van der Waals surface area contributed by atoms with Gasteiger partial charge in [0.1, 0.15) is 17.2 Å². The number of carbonyl (C=O) groups is 1. The molecule has 0 spiro atoms. The molecule has 1 saturated heterocycles. The molecule has 1 N–H and O–H groups in total. The number of sulfonamides is 1. The van der Waals surface area contributed by atoms with E-state index in [2.05, 4.69) is 28.1 Å². The van der Waals surface area contributed by atoms with Gasteiger partial charge in [0.15, 0.2) is 0 Å². The highest BCUT2D eigenvalue weighted by atomic mass is 32.2. The van der Waals surface area contributed by atoms with Gasteiger partial charge in [-0.15, -0.1) is 0 Å². The van der Waals surface area contributed by atoms with E-state index in [9.17, 15) is 17.6 Å². The Morgan fingerprint density at radius 3 is 2.47 bits per heavy atom. The van der Waals surface area contributed by atoms with Crippen molar-refractivity contribution in [3.8, 4) is 33.7 Å². The van der Waals surface area contributed by atoms with E-state index >= 15 is 0 Å². The molecule has 1 fully saturated rings. The van der Waals surface area contributed by atoms with Gasteiger partial charge in [0.2, 0.25) is 10.0 Å². The average Bonchev–Trinajstić information content (AvgIpc) is 3.81. The number of rotatable bonds is 8. The lowest BCUT2D eigenvalue weighted by Crippen LogP contribution is -2.25. The van der Waals surface area contributed by atoms with Crippen molar-refractivity contribution in [2.24, 2.45) is 0 Å². The Balaban J connectivity index is 1.44. The van der Waals surface area contributed by atoms with Crippen LogP contribution in [0, 0.1) is 5.82 Å². The highest BCUT2D eigenvalue weighted by molar-refractivity contribution is 7.92. The molecule has 0 radical (unpaired) electrons. The van der Waals surface area contributed by atoms with Gasteiger partial charge >= 0.3 is 0 Å². The summed E-state index contributed by atoms with van der Waals surface area (Å²) < 4.78 is 55.4. The maximum atomic E-state index is 13.8. The topological polar surface area (TPSA) is 93.8 Å². The van der Waals surface area contributed by atoms with Gasteiger partial charge in [-0.25, -0.2) is 12.8 Å². The predicted molar refractivity (Wildman–Crippen MR) is 184 cm³/mol. The largest absolute Gasteiger partial charge is 0.455 e. The van der Waals surface area contributed by atoms with Crippen LogP contribution in [0.3, 0.4) is 0 Å². The summed E-state index contributed by atoms with van der Waals surface area (Å²) in [5.41, 5.74) is 5.96. The van der Waals surface area contributed by atoms with Gasteiger partial charge in [0, 0.05) is 66.4 Å². The predicted octanol–water partition coefficient (Wildman–Crippen LogP) is 7.46. The van der Waals surface area contributed by atoms with Crippen LogP contribution < -0.4 is 9.62 Å². The molecular weight excluding hydrogens is 617 g/mol. The third-order valence-electron chi connectivity index (χ3n) is 8.89. The molecule has 1 aliphatic heterocycles. The molecule has 1 atom stereocenters. The van der Waals surface area contributed by atoms with E-state index in [0.717, 1.165) is 60.0 Å². The third-order valence-corrected chi connectivity index (χ3v) is 10.1. The number of nitrogens with one attached hydrogen (secondary N) is 1. The lowest BCUT2D eigenvalue weighted by molar-refractivity contribution is 0.0964. The first kappa shape index (κ1) is 30.7. The second-order valence-corrected chi connectivity index (χ2v) is 13.9. The number of halogens is 1. The van der Waals surface area contributed by atoms with E-state index < -0.39 is 15.8 Å². The second kappa shape index (κ2) is 12.0. The van der Waals surface area contributed by atoms with Crippen LogP contribution in [0.25, 0.3) is 55.6 Å². The Labute approximate surface area is 272 Å². The minimum atomic E-state index is -3.68. The van der Waals surface area contributed by atoms with Crippen LogP contribution in [0.2, 0.25) is 0 Å². The summed E-state index contributed by atoms with van der Waals surface area (Å²) in [6, 6.07) is 27.5. The lowest BCUT2D eigenvalue weighted by Gasteiger charge is -2.21. The van der Waals surface area contributed by atoms with Gasteiger partial charge in [0.05, 0.1) is 23.6 Å². The quantitative estimate of drug-likeness (QED) is 0.184. The van der Waals surface area contributed by atoms with E-state index in [1.807, 2.05) is 36.4 Å². The van der Waals surface area contributed by atoms with Gasteiger partial charge in [-0.1, -0.05) is 36.4 Å². The molecule has 47 heavy (non-hydrogen) atoms. The van der Waals surface area contributed by atoms with E-state index in [-0.39, 0.29) is 23.3 Å². The van der Waals surface area contributed by atoms with Crippen molar-refractivity contribution in [2.45, 2.75) is 25.5 Å².